The second kappa shape index (κ2) is 8.38. The number of likely N-dealkylation sites (tertiary alicyclic amines) is 1. The van der Waals surface area contributed by atoms with Crippen molar-refractivity contribution in [3.63, 3.8) is 0 Å². The minimum atomic E-state index is -1.24. The SMILES string of the molecule is C=CCN(C(=O)C1N([C@@H](CO)[C@@H](C)CC)C(=O)[C@@H]2[C@H](C(=O)O)[C@@]3(C)OC12CC3C)C(C)(C)C. The summed E-state index contributed by atoms with van der Waals surface area (Å²) in [6.07, 6.45) is 2.76. The van der Waals surface area contributed by atoms with Crippen LogP contribution in [-0.4, -0.2) is 79.8 Å². The summed E-state index contributed by atoms with van der Waals surface area (Å²) < 4.78 is 6.54. The number of aliphatic hydroxyl groups excluding tert-OH is 1. The number of fused-ring (bicyclic) bond motifs is 1. The van der Waals surface area contributed by atoms with Gasteiger partial charge in [0.05, 0.1) is 24.2 Å². The molecule has 186 valence electrons. The van der Waals surface area contributed by atoms with Gasteiger partial charge in [0.1, 0.15) is 17.6 Å². The first-order valence-corrected chi connectivity index (χ1v) is 12.0. The third-order valence-electron chi connectivity index (χ3n) is 8.49. The Morgan fingerprint density at radius 2 is 2.00 bits per heavy atom. The summed E-state index contributed by atoms with van der Waals surface area (Å²) in [6.45, 7) is 17.1. The fourth-order valence-electron chi connectivity index (χ4n) is 6.47. The molecule has 2 bridgehead atoms. The number of rotatable bonds is 8. The maximum absolute atomic E-state index is 14.3. The van der Waals surface area contributed by atoms with Crippen molar-refractivity contribution in [1.29, 1.82) is 0 Å². The van der Waals surface area contributed by atoms with Gasteiger partial charge >= 0.3 is 5.97 Å². The zero-order chi connectivity index (χ0) is 25.1. The first-order valence-electron chi connectivity index (χ1n) is 12.0. The van der Waals surface area contributed by atoms with Gasteiger partial charge in [0.15, 0.2) is 0 Å². The average Bonchev–Trinajstić information content (AvgIpc) is 3.22. The molecule has 3 fully saturated rings. The van der Waals surface area contributed by atoms with E-state index in [1.165, 1.54) is 4.90 Å². The van der Waals surface area contributed by atoms with Crippen LogP contribution >= 0.6 is 0 Å². The van der Waals surface area contributed by atoms with Gasteiger partial charge in [0, 0.05) is 12.1 Å². The number of carboxylic acids is 1. The molecule has 0 aliphatic carbocycles. The number of carbonyl (C=O) groups is 3. The summed E-state index contributed by atoms with van der Waals surface area (Å²) in [5, 5.41) is 20.5. The Labute approximate surface area is 196 Å². The largest absolute Gasteiger partial charge is 0.481 e. The Balaban J connectivity index is 2.23. The quantitative estimate of drug-likeness (QED) is 0.534. The molecular formula is C25H40N2O6. The van der Waals surface area contributed by atoms with Crippen molar-refractivity contribution in [1.82, 2.24) is 9.80 Å². The van der Waals surface area contributed by atoms with Crippen molar-refractivity contribution < 1.29 is 29.3 Å². The number of carboxylic acid groups (broad SMARTS) is 1. The predicted molar refractivity (Wildman–Crippen MR) is 123 cm³/mol. The molecule has 3 aliphatic rings. The molecular weight excluding hydrogens is 424 g/mol. The fourth-order valence-corrected chi connectivity index (χ4v) is 6.47. The van der Waals surface area contributed by atoms with Crippen LogP contribution in [0.15, 0.2) is 12.7 Å². The highest BCUT2D eigenvalue weighted by Gasteiger charge is 2.80. The lowest BCUT2D eigenvalue weighted by atomic mass is 9.62. The van der Waals surface area contributed by atoms with Crippen molar-refractivity contribution in [3.05, 3.63) is 12.7 Å². The number of amides is 2. The molecule has 3 aliphatic heterocycles. The molecule has 8 heteroatoms. The van der Waals surface area contributed by atoms with Crippen LogP contribution in [0.3, 0.4) is 0 Å². The van der Waals surface area contributed by atoms with Gasteiger partial charge in [-0.3, -0.25) is 14.4 Å². The van der Waals surface area contributed by atoms with Crippen LogP contribution < -0.4 is 0 Å². The first-order chi connectivity index (χ1) is 15.2. The van der Waals surface area contributed by atoms with Gasteiger partial charge in [0.2, 0.25) is 11.8 Å². The molecule has 8 atom stereocenters. The lowest BCUT2D eigenvalue weighted by Crippen LogP contribution is -2.62. The molecule has 1 spiro atoms. The number of ether oxygens (including phenoxy) is 1. The van der Waals surface area contributed by atoms with Crippen molar-refractivity contribution >= 4 is 17.8 Å². The molecule has 0 aromatic carbocycles. The number of carbonyl (C=O) groups excluding carboxylic acids is 2. The van der Waals surface area contributed by atoms with Crippen molar-refractivity contribution in [2.75, 3.05) is 13.2 Å². The maximum atomic E-state index is 14.3. The highest BCUT2D eigenvalue weighted by molar-refractivity contribution is 5.98. The van der Waals surface area contributed by atoms with E-state index >= 15 is 0 Å². The second-order valence-electron chi connectivity index (χ2n) is 11.3. The van der Waals surface area contributed by atoms with Crippen LogP contribution in [0.25, 0.3) is 0 Å². The molecule has 0 radical (unpaired) electrons. The molecule has 3 saturated heterocycles. The fraction of sp³-hybridized carbons (Fsp3) is 0.800. The van der Waals surface area contributed by atoms with E-state index in [9.17, 15) is 24.6 Å². The molecule has 8 nitrogen and oxygen atoms in total. The van der Waals surface area contributed by atoms with E-state index in [1.807, 2.05) is 41.5 Å². The summed E-state index contributed by atoms with van der Waals surface area (Å²) in [5.41, 5.74) is -2.83. The van der Waals surface area contributed by atoms with Gasteiger partial charge in [-0.1, -0.05) is 33.3 Å². The molecule has 0 aromatic heterocycles. The average molecular weight is 465 g/mol. The Morgan fingerprint density at radius 3 is 2.45 bits per heavy atom. The topological polar surface area (TPSA) is 107 Å². The first kappa shape index (κ1) is 25.7. The van der Waals surface area contributed by atoms with E-state index in [4.69, 9.17) is 4.74 Å². The molecule has 2 amide bonds. The van der Waals surface area contributed by atoms with E-state index in [-0.39, 0.29) is 30.9 Å². The molecule has 0 aromatic rings. The summed E-state index contributed by atoms with van der Waals surface area (Å²) in [4.78, 5) is 43.8. The molecule has 3 unspecified atom stereocenters. The monoisotopic (exact) mass is 464 g/mol. The van der Waals surface area contributed by atoms with E-state index in [0.29, 0.717) is 12.8 Å². The second-order valence-corrected chi connectivity index (χ2v) is 11.3. The summed E-state index contributed by atoms with van der Waals surface area (Å²) in [5.74, 6) is -4.01. The molecule has 33 heavy (non-hydrogen) atoms. The third-order valence-corrected chi connectivity index (χ3v) is 8.49. The minimum Gasteiger partial charge on any atom is -0.481 e. The molecule has 3 rings (SSSR count). The van der Waals surface area contributed by atoms with Crippen LogP contribution in [0.1, 0.15) is 61.3 Å². The van der Waals surface area contributed by atoms with Gasteiger partial charge in [-0.05, 0) is 46.0 Å². The Bertz CT molecular complexity index is 837. The Hall–Kier alpha value is -1.93. The summed E-state index contributed by atoms with van der Waals surface area (Å²) >= 11 is 0. The molecule has 2 N–H and O–H groups in total. The van der Waals surface area contributed by atoms with Gasteiger partial charge in [-0.25, -0.2) is 0 Å². The lowest BCUT2D eigenvalue weighted by Gasteiger charge is -2.44. The van der Waals surface area contributed by atoms with Crippen molar-refractivity contribution in [3.8, 4) is 0 Å². The van der Waals surface area contributed by atoms with Crippen LogP contribution in [0.2, 0.25) is 0 Å². The predicted octanol–water partition coefficient (Wildman–Crippen LogP) is 2.30. The van der Waals surface area contributed by atoms with Gasteiger partial charge in [-0.2, -0.15) is 0 Å². The van der Waals surface area contributed by atoms with E-state index in [1.54, 1.807) is 17.9 Å². The molecule has 3 heterocycles. The van der Waals surface area contributed by atoms with Crippen molar-refractivity contribution in [2.24, 2.45) is 23.7 Å². The number of hydrogen-bond acceptors (Lipinski definition) is 5. The highest BCUT2D eigenvalue weighted by Crippen LogP contribution is 2.65. The minimum absolute atomic E-state index is 0.0829. The highest BCUT2D eigenvalue weighted by atomic mass is 16.5. The van der Waals surface area contributed by atoms with Crippen LogP contribution in [0, 0.1) is 23.7 Å². The van der Waals surface area contributed by atoms with E-state index in [2.05, 4.69) is 6.58 Å². The van der Waals surface area contributed by atoms with Gasteiger partial charge in [-0.15, -0.1) is 6.58 Å². The number of nitrogens with zero attached hydrogens (tertiary/aromatic N) is 2. The summed E-state index contributed by atoms with van der Waals surface area (Å²) in [7, 11) is 0. The zero-order valence-corrected chi connectivity index (χ0v) is 21.0. The summed E-state index contributed by atoms with van der Waals surface area (Å²) in [6, 6.07) is -1.61. The zero-order valence-electron chi connectivity index (χ0n) is 21.0. The van der Waals surface area contributed by atoms with Crippen molar-refractivity contribution in [2.45, 2.75) is 90.1 Å². The third kappa shape index (κ3) is 3.52. The number of hydrogen-bond donors (Lipinski definition) is 2. The number of aliphatic carboxylic acids is 1. The van der Waals surface area contributed by atoms with Crippen LogP contribution in [0.5, 0.6) is 0 Å². The Morgan fingerprint density at radius 1 is 1.39 bits per heavy atom. The van der Waals surface area contributed by atoms with E-state index in [0.717, 1.165) is 0 Å². The van der Waals surface area contributed by atoms with Crippen LogP contribution in [-0.2, 0) is 19.1 Å². The standard InChI is InChI=1S/C25H40N2O6/c1-9-11-26(23(5,6)7)21(30)19-25-12-15(4)24(8,33-25)18(22(31)32)17(25)20(29)27(19)16(13-28)14(3)10-2/h9,14-19,28H,1,10-13H2,2-8H3,(H,31,32)/t14-,15?,16-,17-,18+,19?,24-,25?/m0/s1. The smallest absolute Gasteiger partial charge is 0.310 e. The van der Waals surface area contributed by atoms with Gasteiger partial charge in [0.25, 0.3) is 0 Å². The number of aliphatic hydroxyl groups is 1. The lowest BCUT2D eigenvalue weighted by molar-refractivity contribution is -0.162. The van der Waals surface area contributed by atoms with Crippen LogP contribution in [0.4, 0.5) is 0 Å². The van der Waals surface area contributed by atoms with E-state index < -0.39 is 52.5 Å². The Kier molecular flexibility index (Phi) is 6.52. The van der Waals surface area contributed by atoms with Gasteiger partial charge < -0.3 is 24.7 Å². The normalized spacial score (nSPS) is 37.1. The maximum Gasteiger partial charge on any atom is 0.310 e. The molecule has 0 saturated carbocycles.